The quantitative estimate of drug-likeness (QED) is 0.671. The van der Waals surface area contributed by atoms with E-state index in [0.29, 0.717) is 5.92 Å². The van der Waals surface area contributed by atoms with Gasteiger partial charge in [0.2, 0.25) is 0 Å². The molecule has 1 rings (SSSR count). The first-order valence-electron chi connectivity index (χ1n) is 5.29. The van der Waals surface area contributed by atoms with Crippen molar-refractivity contribution in [2.24, 2.45) is 7.05 Å². The van der Waals surface area contributed by atoms with Crippen molar-refractivity contribution >= 4 is 0 Å². The molecule has 0 saturated heterocycles. The summed E-state index contributed by atoms with van der Waals surface area (Å²) in [5, 5.41) is 4.52. The van der Waals surface area contributed by atoms with Crippen LogP contribution in [0, 0.1) is 6.92 Å². The number of aryl methyl sites for hydroxylation is 2. The molecule has 0 radical (unpaired) electrons. The van der Waals surface area contributed by atoms with E-state index in [0.717, 1.165) is 0 Å². The second-order valence-corrected chi connectivity index (χ2v) is 5.37. The standard InChI is InChI=1S/C12H22N2/c1-8(2)11-10(12(4,5)6)9(3)13-14(11)7/h8H,1-7H3. The molecule has 2 heteroatoms. The highest BCUT2D eigenvalue weighted by atomic mass is 15.3. The SMILES string of the molecule is Cc1nn(C)c(C(C)C)c1C(C)(C)C. The Bertz CT molecular complexity index is 327. The van der Waals surface area contributed by atoms with Gasteiger partial charge in [0.15, 0.2) is 0 Å². The summed E-state index contributed by atoms with van der Waals surface area (Å²) in [6, 6.07) is 0. The second kappa shape index (κ2) is 3.41. The fourth-order valence-electron chi connectivity index (χ4n) is 2.27. The molecule has 14 heavy (non-hydrogen) atoms. The Morgan fingerprint density at radius 1 is 1.21 bits per heavy atom. The van der Waals surface area contributed by atoms with Crippen LogP contribution >= 0.6 is 0 Å². The van der Waals surface area contributed by atoms with Crippen molar-refractivity contribution in [2.45, 2.75) is 52.9 Å². The molecule has 1 aromatic rings. The number of hydrogen-bond acceptors (Lipinski definition) is 1. The van der Waals surface area contributed by atoms with E-state index in [1.165, 1.54) is 17.0 Å². The van der Waals surface area contributed by atoms with Gasteiger partial charge in [0, 0.05) is 18.3 Å². The summed E-state index contributed by atoms with van der Waals surface area (Å²) in [6.07, 6.45) is 0. The molecule has 0 unspecified atom stereocenters. The summed E-state index contributed by atoms with van der Waals surface area (Å²) in [4.78, 5) is 0. The zero-order valence-corrected chi connectivity index (χ0v) is 10.5. The molecule has 0 aliphatic heterocycles. The highest BCUT2D eigenvalue weighted by molar-refractivity contribution is 5.34. The van der Waals surface area contributed by atoms with Gasteiger partial charge in [-0.25, -0.2) is 0 Å². The summed E-state index contributed by atoms with van der Waals surface area (Å²) >= 11 is 0. The normalized spacial score (nSPS) is 12.6. The van der Waals surface area contributed by atoms with Crippen molar-refractivity contribution in [3.63, 3.8) is 0 Å². The van der Waals surface area contributed by atoms with Gasteiger partial charge in [-0.3, -0.25) is 4.68 Å². The van der Waals surface area contributed by atoms with Crippen LogP contribution in [0.1, 0.15) is 57.5 Å². The summed E-state index contributed by atoms with van der Waals surface area (Å²) < 4.78 is 2.03. The molecule has 0 fully saturated rings. The zero-order chi connectivity index (χ0) is 11.1. The largest absolute Gasteiger partial charge is 0.272 e. The van der Waals surface area contributed by atoms with Gasteiger partial charge >= 0.3 is 0 Å². The van der Waals surface area contributed by atoms with E-state index in [9.17, 15) is 0 Å². The Morgan fingerprint density at radius 3 is 2.00 bits per heavy atom. The predicted molar refractivity (Wildman–Crippen MR) is 60.7 cm³/mol. The molecule has 0 saturated carbocycles. The lowest BCUT2D eigenvalue weighted by Crippen LogP contribution is -2.16. The van der Waals surface area contributed by atoms with Crippen molar-refractivity contribution < 1.29 is 0 Å². The van der Waals surface area contributed by atoms with Crippen LogP contribution in [0.15, 0.2) is 0 Å². The van der Waals surface area contributed by atoms with E-state index in [2.05, 4.69) is 46.6 Å². The van der Waals surface area contributed by atoms with Crippen LogP contribution in [0.2, 0.25) is 0 Å². The third-order valence-electron chi connectivity index (χ3n) is 2.56. The van der Waals surface area contributed by atoms with E-state index in [-0.39, 0.29) is 5.41 Å². The molecule has 2 nitrogen and oxygen atoms in total. The maximum Gasteiger partial charge on any atom is 0.0633 e. The highest BCUT2D eigenvalue weighted by Gasteiger charge is 2.25. The molecular weight excluding hydrogens is 172 g/mol. The lowest BCUT2D eigenvalue weighted by molar-refractivity contribution is 0.565. The Hall–Kier alpha value is -0.790. The molecule has 0 bridgehead atoms. The third-order valence-corrected chi connectivity index (χ3v) is 2.56. The predicted octanol–water partition coefficient (Wildman–Crippen LogP) is 3.15. The Labute approximate surface area is 87.3 Å². The number of rotatable bonds is 1. The van der Waals surface area contributed by atoms with Gasteiger partial charge in [-0.1, -0.05) is 34.6 Å². The van der Waals surface area contributed by atoms with Crippen molar-refractivity contribution in [1.29, 1.82) is 0 Å². The zero-order valence-electron chi connectivity index (χ0n) is 10.5. The summed E-state index contributed by atoms with van der Waals surface area (Å²) in [6.45, 7) is 13.3. The fraction of sp³-hybridized carbons (Fsp3) is 0.750. The van der Waals surface area contributed by atoms with Crippen molar-refractivity contribution in [3.05, 3.63) is 17.0 Å². The average Bonchev–Trinajstić information content (AvgIpc) is 2.23. The molecule has 0 aromatic carbocycles. The molecular formula is C12H22N2. The summed E-state index contributed by atoms with van der Waals surface area (Å²) in [5.74, 6) is 0.537. The van der Waals surface area contributed by atoms with E-state index < -0.39 is 0 Å². The first kappa shape index (κ1) is 11.3. The average molecular weight is 194 g/mol. The van der Waals surface area contributed by atoms with E-state index in [1.807, 2.05) is 11.7 Å². The molecule has 0 N–H and O–H groups in total. The summed E-state index contributed by atoms with van der Waals surface area (Å²) in [7, 11) is 2.04. The first-order chi connectivity index (χ1) is 6.25. The third kappa shape index (κ3) is 1.84. The number of hydrogen-bond donors (Lipinski definition) is 0. The van der Waals surface area contributed by atoms with Gasteiger partial charge in [0.1, 0.15) is 0 Å². The topological polar surface area (TPSA) is 17.8 Å². The maximum absolute atomic E-state index is 4.52. The Kier molecular flexibility index (Phi) is 2.75. The molecule has 80 valence electrons. The minimum absolute atomic E-state index is 0.192. The molecule has 0 spiro atoms. The molecule has 0 amide bonds. The van der Waals surface area contributed by atoms with Crippen LogP contribution < -0.4 is 0 Å². The van der Waals surface area contributed by atoms with Crippen LogP contribution in [0.3, 0.4) is 0 Å². The lowest BCUT2D eigenvalue weighted by Gasteiger charge is -2.22. The monoisotopic (exact) mass is 194 g/mol. The maximum atomic E-state index is 4.52. The minimum Gasteiger partial charge on any atom is -0.272 e. The van der Waals surface area contributed by atoms with Crippen LogP contribution in [0.5, 0.6) is 0 Å². The van der Waals surface area contributed by atoms with Crippen molar-refractivity contribution in [3.8, 4) is 0 Å². The second-order valence-electron chi connectivity index (χ2n) is 5.37. The van der Waals surface area contributed by atoms with E-state index >= 15 is 0 Å². The smallest absolute Gasteiger partial charge is 0.0633 e. The number of nitrogens with zero attached hydrogens (tertiary/aromatic N) is 2. The molecule has 0 atom stereocenters. The van der Waals surface area contributed by atoms with E-state index in [1.54, 1.807) is 0 Å². The minimum atomic E-state index is 0.192. The van der Waals surface area contributed by atoms with Crippen LogP contribution in [-0.2, 0) is 12.5 Å². The van der Waals surface area contributed by atoms with Gasteiger partial charge in [0.05, 0.1) is 5.69 Å². The molecule has 0 aliphatic carbocycles. The fourth-order valence-corrected chi connectivity index (χ4v) is 2.27. The van der Waals surface area contributed by atoms with Gasteiger partial charge in [-0.2, -0.15) is 5.10 Å². The first-order valence-corrected chi connectivity index (χ1v) is 5.29. The van der Waals surface area contributed by atoms with Crippen LogP contribution in [-0.4, -0.2) is 9.78 Å². The lowest BCUT2D eigenvalue weighted by atomic mass is 9.83. The van der Waals surface area contributed by atoms with Crippen molar-refractivity contribution in [1.82, 2.24) is 9.78 Å². The van der Waals surface area contributed by atoms with Crippen LogP contribution in [0.4, 0.5) is 0 Å². The molecule has 1 heterocycles. The Balaban J connectivity index is 3.40. The van der Waals surface area contributed by atoms with E-state index in [4.69, 9.17) is 0 Å². The summed E-state index contributed by atoms with van der Waals surface area (Å²) in [5.41, 5.74) is 4.14. The van der Waals surface area contributed by atoms with Gasteiger partial charge < -0.3 is 0 Å². The number of aromatic nitrogens is 2. The van der Waals surface area contributed by atoms with Crippen LogP contribution in [0.25, 0.3) is 0 Å². The molecule has 1 aromatic heterocycles. The van der Waals surface area contributed by atoms with Gasteiger partial charge in [-0.05, 0) is 18.3 Å². The highest BCUT2D eigenvalue weighted by Crippen LogP contribution is 2.32. The van der Waals surface area contributed by atoms with Crippen molar-refractivity contribution in [2.75, 3.05) is 0 Å². The van der Waals surface area contributed by atoms with Gasteiger partial charge in [-0.15, -0.1) is 0 Å². The Morgan fingerprint density at radius 2 is 1.71 bits per heavy atom. The van der Waals surface area contributed by atoms with Gasteiger partial charge in [0.25, 0.3) is 0 Å². The molecule has 0 aliphatic rings.